The monoisotopic (exact) mass is 485 g/mol. The van der Waals surface area contributed by atoms with Gasteiger partial charge in [-0.15, -0.1) is 0 Å². The molecule has 3 aliphatic rings. The molecule has 0 radical (unpaired) electrons. The molecule has 36 heavy (non-hydrogen) atoms. The Labute approximate surface area is 210 Å². The number of benzene rings is 2. The van der Waals surface area contributed by atoms with Crippen LogP contribution in [0.2, 0.25) is 0 Å². The summed E-state index contributed by atoms with van der Waals surface area (Å²) in [5.41, 5.74) is 4.88. The Kier molecular flexibility index (Phi) is 5.66. The number of para-hydroxylation sites is 2. The van der Waals surface area contributed by atoms with Crippen molar-refractivity contribution in [2.75, 3.05) is 38.1 Å². The van der Waals surface area contributed by atoms with Gasteiger partial charge >= 0.3 is 0 Å². The number of nitrogens with one attached hydrogen (secondary N) is 1. The molecule has 3 amide bonds. The molecule has 6 rings (SSSR count). The molecule has 0 unspecified atom stereocenters. The minimum absolute atomic E-state index is 0.0390. The molecule has 3 aromatic rings. The summed E-state index contributed by atoms with van der Waals surface area (Å²) < 4.78 is 2.10. The van der Waals surface area contributed by atoms with Gasteiger partial charge in [0.2, 0.25) is 11.8 Å². The molecule has 1 aromatic heterocycles. The van der Waals surface area contributed by atoms with Gasteiger partial charge in [0.05, 0.1) is 16.9 Å². The van der Waals surface area contributed by atoms with Crippen LogP contribution in [0, 0.1) is 0 Å². The smallest absolute Gasteiger partial charge is 0.257 e. The highest BCUT2D eigenvalue weighted by atomic mass is 16.2. The lowest BCUT2D eigenvalue weighted by atomic mass is 9.96. The van der Waals surface area contributed by atoms with Crippen LogP contribution in [0.1, 0.15) is 47.0 Å². The fraction of sp³-hybridized carbons (Fsp3) is 0.393. The first kappa shape index (κ1) is 22.6. The third-order valence-corrected chi connectivity index (χ3v) is 7.80. The van der Waals surface area contributed by atoms with Gasteiger partial charge in [-0.3, -0.25) is 14.4 Å². The standard InChI is InChI=1S/C28H31N5O3/c1-30-22-10-4-3-9-21(22)28(36)32-17-13-20-19-8-2-5-11-23(19)33(26(20)27(30)32)18-24(34)29-14-7-16-31-15-6-12-25(31)35/h2-5,8-11,27H,6-7,12-18H2,1H3,(H,29,34)/t27-/m1/s1. The van der Waals surface area contributed by atoms with E-state index in [0.29, 0.717) is 26.1 Å². The van der Waals surface area contributed by atoms with Crippen molar-refractivity contribution in [3.05, 3.63) is 65.4 Å². The third-order valence-electron chi connectivity index (χ3n) is 7.80. The average molecular weight is 486 g/mol. The third kappa shape index (κ3) is 3.63. The van der Waals surface area contributed by atoms with E-state index in [1.807, 2.05) is 53.2 Å². The highest BCUT2D eigenvalue weighted by molar-refractivity contribution is 6.02. The molecule has 3 aliphatic heterocycles. The predicted octanol–water partition coefficient (Wildman–Crippen LogP) is 2.92. The number of likely N-dealkylation sites (tertiary alicyclic amines) is 1. The average Bonchev–Trinajstić information content (AvgIpc) is 3.45. The van der Waals surface area contributed by atoms with E-state index in [1.165, 1.54) is 5.56 Å². The van der Waals surface area contributed by atoms with E-state index in [9.17, 15) is 14.4 Å². The first-order valence-corrected chi connectivity index (χ1v) is 12.8. The van der Waals surface area contributed by atoms with Crippen LogP contribution in [0.15, 0.2) is 48.5 Å². The molecule has 1 atom stereocenters. The number of anilines is 1. The van der Waals surface area contributed by atoms with E-state index in [2.05, 4.69) is 26.9 Å². The number of amides is 3. The number of hydrogen-bond acceptors (Lipinski definition) is 4. The van der Waals surface area contributed by atoms with Crippen molar-refractivity contribution in [2.24, 2.45) is 0 Å². The number of carbonyl (C=O) groups is 3. The molecule has 0 aliphatic carbocycles. The number of carbonyl (C=O) groups excluding carboxylic acids is 3. The number of fused-ring (bicyclic) bond motifs is 6. The van der Waals surface area contributed by atoms with Gasteiger partial charge in [0.1, 0.15) is 12.7 Å². The highest BCUT2D eigenvalue weighted by Crippen LogP contribution is 2.44. The van der Waals surface area contributed by atoms with Crippen LogP contribution in [0.4, 0.5) is 5.69 Å². The molecular formula is C28H31N5O3. The van der Waals surface area contributed by atoms with Crippen molar-refractivity contribution in [1.29, 1.82) is 0 Å². The van der Waals surface area contributed by atoms with E-state index in [-0.39, 0.29) is 30.4 Å². The molecule has 186 valence electrons. The normalized spacial score (nSPS) is 18.9. The fourth-order valence-corrected chi connectivity index (χ4v) is 6.12. The zero-order valence-corrected chi connectivity index (χ0v) is 20.6. The van der Waals surface area contributed by atoms with E-state index >= 15 is 0 Å². The predicted molar refractivity (Wildman–Crippen MR) is 138 cm³/mol. The molecule has 1 N–H and O–H groups in total. The summed E-state index contributed by atoms with van der Waals surface area (Å²) in [7, 11) is 2.03. The summed E-state index contributed by atoms with van der Waals surface area (Å²) in [6, 6.07) is 15.9. The minimum Gasteiger partial charge on any atom is -0.354 e. The first-order valence-electron chi connectivity index (χ1n) is 12.8. The lowest BCUT2D eigenvalue weighted by molar-refractivity contribution is -0.127. The lowest BCUT2D eigenvalue weighted by Gasteiger charge is -2.46. The second kappa shape index (κ2) is 9.00. The Bertz CT molecular complexity index is 1360. The summed E-state index contributed by atoms with van der Waals surface area (Å²) in [6.07, 6.45) is 2.80. The zero-order chi connectivity index (χ0) is 24.8. The maximum Gasteiger partial charge on any atom is 0.257 e. The Morgan fingerprint density at radius 1 is 1.03 bits per heavy atom. The molecule has 4 heterocycles. The van der Waals surface area contributed by atoms with Crippen molar-refractivity contribution >= 4 is 34.3 Å². The van der Waals surface area contributed by atoms with Gasteiger partial charge in [-0.25, -0.2) is 0 Å². The molecular weight excluding hydrogens is 454 g/mol. The summed E-state index contributed by atoms with van der Waals surface area (Å²) in [5.74, 6) is 0.190. The number of aromatic nitrogens is 1. The van der Waals surface area contributed by atoms with Gasteiger partial charge in [0, 0.05) is 50.6 Å². The first-order chi connectivity index (χ1) is 17.5. The van der Waals surface area contributed by atoms with Crippen molar-refractivity contribution in [3.63, 3.8) is 0 Å². The van der Waals surface area contributed by atoms with Crippen LogP contribution in [0.3, 0.4) is 0 Å². The van der Waals surface area contributed by atoms with Gasteiger partial charge in [0.25, 0.3) is 5.91 Å². The lowest BCUT2D eigenvalue weighted by Crippen LogP contribution is -2.51. The second-order valence-electron chi connectivity index (χ2n) is 9.91. The minimum atomic E-state index is -0.266. The number of rotatable bonds is 6. The van der Waals surface area contributed by atoms with E-state index in [0.717, 1.165) is 53.7 Å². The fourth-order valence-electron chi connectivity index (χ4n) is 6.12. The van der Waals surface area contributed by atoms with Crippen LogP contribution in [0.5, 0.6) is 0 Å². The van der Waals surface area contributed by atoms with Crippen LogP contribution < -0.4 is 10.2 Å². The van der Waals surface area contributed by atoms with E-state index < -0.39 is 0 Å². The van der Waals surface area contributed by atoms with Crippen molar-refractivity contribution in [2.45, 2.75) is 38.4 Å². The molecule has 1 saturated heterocycles. The Morgan fingerprint density at radius 2 is 1.83 bits per heavy atom. The molecule has 0 saturated carbocycles. The summed E-state index contributed by atoms with van der Waals surface area (Å²) in [4.78, 5) is 44.3. The quantitative estimate of drug-likeness (QED) is 0.545. The molecule has 0 spiro atoms. The Morgan fingerprint density at radius 3 is 2.67 bits per heavy atom. The molecule has 0 bridgehead atoms. The Hall–Kier alpha value is -3.81. The second-order valence-corrected chi connectivity index (χ2v) is 9.91. The van der Waals surface area contributed by atoms with E-state index in [1.54, 1.807) is 0 Å². The van der Waals surface area contributed by atoms with Crippen LogP contribution in [-0.4, -0.2) is 65.3 Å². The van der Waals surface area contributed by atoms with E-state index in [4.69, 9.17) is 0 Å². The summed E-state index contributed by atoms with van der Waals surface area (Å²) in [6.45, 7) is 2.87. The topological polar surface area (TPSA) is 77.9 Å². The van der Waals surface area contributed by atoms with Crippen LogP contribution in [-0.2, 0) is 22.6 Å². The van der Waals surface area contributed by atoms with Gasteiger partial charge in [-0.2, -0.15) is 0 Å². The highest BCUT2D eigenvalue weighted by Gasteiger charge is 2.42. The van der Waals surface area contributed by atoms with Crippen LogP contribution >= 0.6 is 0 Å². The zero-order valence-electron chi connectivity index (χ0n) is 20.6. The maximum absolute atomic E-state index is 13.4. The molecule has 1 fully saturated rings. The summed E-state index contributed by atoms with van der Waals surface area (Å²) in [5, 5.41) is 4.19. The number of hydrogen-bond donors (Lipinski definition) is 1. The largest absolute Gasteiger partial charge is 0.354 e. The van der Waals surface area contributed by atoms with Crippen molar-refractivity contribution in [3.8, 4) is 0 Å². The van der Waals surface area contributed by atoms with Gasteiger partial charge in [-0.1, -0.05) is 30.3 Å². The van der Waals surface area contributed by atoms with Gasteiger partial charge in [0.15, 0.2) is 0 Å². The SMILES string of the molecule is CN1c2ccccc2C(=O)N2CCc3c(n(CC(=O)NCCCN4CCCC4=O)c4ccccc34)[C@@H]21. The molecule has 2 aromatic carbocycles. The van der Waals surface area contributed by atoms with Crippen molar-refractivity contribution < 1.29 is 14.4 Å². The molecule has 8 nitrogen and oxygen atoms in total. The Balaban J connectivity index is 1.28. The van der Waals surface area contributed by atoms with Crippen LogP contribution in [0.25, 0.3) is 10.9 Å². The molecule has 8 heteroatoms. The maximum atomic E-state index is 13.4. The van der Waals surface area contributed by atoms with Crippen molar-refractivity contribution in [1.82, 2.24) is 19.7 Å². The number of nitrogens with zero attached hydrogens (tertiary/aromatic N) is 4. The summed E-state index contributed by atoms with van der Waals surface area (Å²) >= 11 is 0. The van der Waals surface area contributed by atoms with Gasteiger partial charge < -0.3 is 24.6 Å². The van der Waals surface area contributed by atoms with Gasteiger partial charge in [-0.05, 0) is 43.0 Å².